The number of carbonyl (C=O) groups is 2. The van der Waals surface area contributed by atoms with Gasteiger partial charge in [-0.15, -0.1) is 0 Å². The van der Waals surface area contributed by atoms with Gasteiger partial charge in [0.2, 0.25) is 0 Å². The van der Waals surface area contributed by atoms with Crippen LogP contribution in [0.4, 0.5) is 4.39 Å². The van der Waals surface area contributed by atoms with E-state index in [1.807, 2.05) is 0 Å². The number of benzene rings is 1. The van der Waals surface area contributed by atoms with Gasteiger partial charge in [0.15, 0.2) is 0 Å². The Morgan fingerprint density at radius 2 is 1.90 bits per heavy atom. The van der Waals surface area contributed by atoms with Crippen LogP contribution in [-0.4, -0.2) is 29.1 Å². The summed E-state index contributed by atoms with van der Waals surface area (Å²) in [5, 5.41) is 14.4. The van der Waals surface area contributed by atoms with Crippen molar-refractivity contribution in [2.45, 2.75) is 31.8 Å². The van der Waals surface area contributed by atoms with Crippen molar-refractivity contribution in [3.05, 3.63) is 35.6 Å². The fourth-order valence-electron chi connectivity index (χ4n) is 2.17. The van der Waals surface area contributed by atoms with Crippen molar-refractivity contribution in [1.82, 2.24) is 10.6 Å². The highest BCUT2D eigenvalue weighted by atomic mass is 19.1. The van der Waals surface area contributed by atoms with Crippen LogP contribution in [0.5, 0.6) is 0 Å². The highest BCUT2D eigenvalue weighted by molar-refractivity contribution is 6.35. The predicted molar refractivity (Wildman–Crippen MR) is 74.6 cm³/mol. The second kappa shape index (κ2) is 6.22. The minimum atomic E-state index is -0.764. The molecule has 3 N–H and O–H groups in total. The third-order valence-corrected chi connectivity index (χ3v) is 3.78. The van der Waals surface area contributed by atoms with Gasteiger partial charge in [-0.2, -0.15) is 0 Å². The first-order valence-electron chi connectivity index (χ1n) is 6.90. The summed E-state index contributed by atoms with van der Waals surface area (Å²) in [6.07, 6.45) is 1.88. The zero-order valence-corrected chi connectivity index (χ0v) is 11.9. The first-order chi connectivity index (χ1) is 9.94. The van der Waals surface area contributed by atoms with E-state index in [0.29, 0.717) is 5.56 Å². The lowest BCUT2D eigenvalue weighted by atomic mass is 9.97. The number of carbonyl (C=O) groups excluding carboxylic acids is 2. The normalized spacial score (nSPS) is 16.9. The number of hydrogen-bond donors (Lipinski definition) is 3. The van der Waals surface area contributed by atoms with Crippen LogP contribution in [0.1, 0.15) is 25.3 Å². The Kier molecular flexibility index (Phi) is 4.57. The van der Waals surface area contributed by atoms with E-state index in [9.17, 15) is 19.1 Å². The van der Waals surface area contributed by atoms with Gasteiger partial charge in [0.1, 0.15) is 5.82 Å². The number of amides is 2. The molecule has 1 atom stereocenters. The minimum absolute atomic E-state index is 0.145. The van der Waals surface area contributed by atoms with Crippen molar-refractivity contribution in [2.24, 2.45) is 5.92 Å². The number of aliphatic hydroxyl groups excluding tert-OH is 1. The second-order valence-corrected chi connectivity index (χ2v) is 5.61. The quantitative estimate of drug-likeness (QED) is 0.700. The molecule has 114 valence electrons. The van der Waals surface area contributed by atoms with E-state index in [-0.39, 0.29) is 24.9 Å². The average molecular weight is 294 g/mol. The van der Waals surface area contributed by atoms with Gasteiger partial charge in [0.05, 0.1) is 12.1 Å². The van der Waals surface area contributed by atoms with E-state index in [1.54, 1.807) is 6.92 Å². The summed E-state index contributed by atoms with van der Waals surface area (Å²) < 4.78 is 12.7. The van der Waals surface area contributed by atoms with E-state index in [4.69, 9.17) is 0 Å². The number of nitrogens with one attached hydrogen (secondary N) is 2. The molecular weight excluding hydrogens is 275 g/mol. The Labute approximate surface area is 122 Å². The molecule has 1 fully saturated rings. The average Bonchev–Trinajstić information content (AvgIpc) is 3.31. The molecule has 1 aliphatic carbocycles. The third-order valence-electron chi connectivity index (χ3n) is 3.78. The molecule has 1 unspecified atom stereocenters. The fraction of sp³-hybridized carbons (Fsp3) is 0.467. The lowest BCUT2D eigenvalue weighted by Gasteiger charge is -2.28. The van der Waals surface area contributed by atoms with E-state index in [1.165, 1.54) is 24.3 Å². The van der Waals surface area contributed by atoms with Gasteiger partial charge in [-0.1, -0.05) is 12.1 Å². The molecule has 1 aromatic carbocycles. The van der Waals surface area contributed by atoms with Gasteiger partial charge in [-0.05, 0) is 43.4 Å². The molecule has 0 aromatic heterocycles. The molecule has 5 nitrogen and oxygen atoms in total. The van der Waals surface area contributed by atoms with Crippen LogP contribution in [0, 0.1) is 11.7 Å². The van der Waals surface area contributed by atoms with Crippen LogP contribution in [0.15, 0.2) is 24.3 Å². The zero-order chi connectivity index (χ0) is 15.5. The van der Waals surface area contributed by atoms with Gasteiger partial charge >= 0.3 is 11.8 Å². The highest BCUT2D eigenvalue weighted by Crippen LogP contribution is 2.39. The van der Waals surface area contributed by atoms with Gasteiger partial charge < -0.3 is 15.7 Å². The summed E-state index contributed by atoms with van der Waals surface area (Å²) in [5.74, 6) is -1.66. The molecule has 0 heterocycles. The molecule has 0 spiro atoms. The Bertz CT molecular complexity index is 528. The van der Waals surface area contributed by atoms with Crippen LogP contribution in [0.3, 0.4) is 0 Å². The Balaban J connectivity index is 1.85. The summed E-state index contributed by atoms with van der Waals surface area (Å²) in [4.78, 5) is 23.6. The molecule has 2 amide bonds. The molecule has 1 saturated carbocycles. The molecule has 1 aliphatic rings. The predicted octanol–water partition coefficient (Wildman–Crippen LogP) is 0.719. The molecular formula is C15H19FN2O3. The molecule has 1 aromatic rings. The number of aliphatic hydroxyl groups is 1. The standard InChI is InChI=1S/C15H19FN2O3/c1-15(9-19,11-4-5-11)18-14(21)13(20)17-8-10-2-6-12(16)7-3-10/h2-3,6-7,11,19H,4-5,8-9H2,1H3,(H,17,20)(H,18,21). The largest absolute Gasteiger partial charge is 0.394 e. The number of halogens is 1. The topological polar surface area (TPSA) is 78.4 Å². The zero-order valence-electron chi connectivity index (χ0n) is 11.9. The molecule has 0 aliphatic heterocycles. The lowest BCUT2D eigenvalue weighted by molar-refractivity contribution is -0.140. The van der Waals surface area contributed by atoms with Crippen LogP contribution in [0.2, 0.25) is 0 Å². The van der Waals surface area contributed by atoms with Crippen LogP contribution < -0.4 is 10.6 Å². The molecule has 21 heavy (non-hydrogen) atoms. The van der Waals surface area contributed by atoms with E-state index in [0.717, 1.165) is 12.8 Å². The summed E-state index contributed by atoms with van der Waals surface area (Å²) in [7, 11) is 0. The first-order valence-corrected chi connectivity index (χ1v) is 6.90. The molecule has 0 radical (unpaired) electrons. The van der Waals surface area contributed by atoms with Gasteiger partial charge in [-0.3, -0.25) is 9.59 Å². The monoisotopic (exact) mass is 294 g/mol. The van der Waals surface area contributed by atoms with E-state index in [2.05, 4.69) is 10.6 Å². The molecule has 2 rings (SSSR count). The number of hydrogen-bond acceptors (Lipinski definition) is 3. The third kappa shape index (κ3) is 4.01. The van der Waals surface area contributed by atoms with E-state index < -0.39 is 17.4 Å². The van der Waals surface area contributed by atoms with Crippen molar-refractivity contribution < 1.29 is 19.1 Å². The smallest absolute Gasteiger partial charge is 0.309 e. The Morgan fingerprint density at radius 3 is 2.43 bits per heavy atom. The van der Waals surface area contributed by atoms with Crippen molar-refractivity contribution in [3.8, 4) is 0 Å². The highest BCUT2D eigenvalue weighted by Gasteiger charge is 2.42. The molecule has 0 bridgehead atoms. The minimum Gasteiger partial charge on any atom is -0.394 e. The van der Waals surface area contributed by atoms with Crippen molar-refractivity contribution in [3.63, 3.8) is 0 Å². The van der Waals surface area contributed by atoms with E-state index >= 15 is 0 Å². The second-order valence-electron chi connectivity index (χ2n) is 5.61. The summed E-state index contributed by atoms with van der Waals surface area (Å²) >= 11 is 0. The van der Waals surface area contributed by atoms with Crippen LogP contribution in [0.25, 0.3) is 0 Å². The Morgan fingerprint density at radius 1 is 1.29 bits per heavy atom. The fourth-order valence-corrected chi connectivity index (χ4v) is 2.17. The lowest BCUT2D eigenvalue weighted by Crippen LogP contribution is -2.54. The van der Waals surface area contributed by atoms with Gasteiger partial charge in [0, 0.05) is 6.54 Å². The summed E-state index contributed by atoms with van der Waals surface area (Å²) in [5.41, 5.74) is -0.0470. The molecule has 6 heteroatoms. The maximum absolute atomic E-state index is 12.7. The van der Waals surface area contributed by atoms with Crippen molar-refractivity contribution >= 4 is 11.8 Å². The first kappa shape index (κ1) is 15.4. The number of rotatable bonds is 5. The summed E-state index contributed by atoms with van der Waals surface area (Å²) in [6.45, 7) is 1.68. The van der Waals surface area contributed by atoms with Gasteiger partial charge in [-0.25, -0.2) is 4.39 Å². The Hall–Kier alpha value is -1.95. The maximum Gasteiger partial charge on any atom is 0.309 e. The van der Waals surface area contributed by atoms with Crippen molar-refractivity contribution in [2.75, 3.05) is 6.61 Å². The SMILES string of the molecule is CC(CO)(NC(=O)C(=O)NCc1ccc(F)cc1)C1CC1. The summed E-state index contributed by atoms with van der Waals surface area (Å²) in [6, 6.07) is 5.65. The molecule has 0 saturated heterocycles. The van der Waals surface area contributed by atoms with Gasteiger partial charge in [0.25, 0.3) is 0 Å². The van der Waals surface area contributed by atoms with Crippen molar-refractivity contribution in [1.29, 1.82) is 0 Å². The maximum atomic E-state index is 12.7. The van der Waals surface area contributed by atoms with Crippen LogP contribution >= 0.6 is 0 Å². The van der Waals surface area contributed by atoms with Crippen LogP contribution in [-0.2, 0) is 16.1 Å².